The molecule has 0 fully saturated rings. The first-order valence-corrected chi connectivity index (χ1v) is 6.05. The summed E-state index contributed by atoms with van der Waals surface area (Å²) in [4.78, 5) is 16.0. The summed E-state index contributed by atoms with van der Waals surface area (Å²) in [5, 5.41) is 14.8. The Morgan fingerprint density at radius 2 is 2.14 bits per heavy atom. The van der Waals surface area contributed by atoms with Crippen molar-refractivity contribution in [1.29, 1.82) is 0 Å². The van der Waals surface area contributed by atoms with Crippen molar-refractivity contribution >= 4 is 11.6 Å². The molecule has 0 aliphatic rings. The van der Waals surface area contributed by atoms with Crippen molar-refractivity contribution in [1.82, 2.24) is 19.9 Å². The lowest BCUT2D eigenvalue weighted by atomic mass is 10.2. The molecule has 6 nitrogen and oxygen atoms in total. The third kappa shape index (κ3) is 3.13. The molecule has 1 amide bonds. The first-order valence-electron chi connectivity index (χ1n) is 6.05. The van der Waals surface area contributed by atoms with Crippen molar-refractivity contribution in [3.8, 4) is 0 Å². The van der Waals surface area contributed by atoms with Crippen molar-refractivity contribution in [2.45, 2.75) is 26.1 Å². The van der Waals surface area contributed by atoms with Gasteiger partial charge in [-0.05, 0) is 19.9 Å². The quantitative estimate of drug-likeness (QED) is 0.886. The van der Waals surface area contributed by atoms with Crippen LogP contribution in [-0.2, 0) is 0 Å². The van der Waals surface area contributed by atoms with Crippen molar-refractivity contribution in [2.24, 2.45) is 0 Å². The summed E-state index contributed by atoms with van der Waals surface area (Å²) >= 11 is 0. The highest BCUT2D eigenvalue weighted by molar-refractivity contribution is 5.99. The number of aliphatic hydroxyl groups excluding tert-OH is 1. The molecule has 0 radical (unpaired) electrons. The van der Waals surface area contributed by atoms with Crippen LogP contribution in [0.3, 0.4) is 0 Å². The molecule has 2 N–H and O–H groups in total. The third-order valence-electron chi connectivity index (χ3n) is 2.86. The molecule has 2 aromatic heterocycles. The molecule has 1 unspecified atom stereocenters. The summed E-state index contributed by atoms with van der Waals surface area (Å²) in [5.74, 6) is -0.772. The van der Waals surface area contributed by atoms with Gasteiger partial charge in [0.2, 0.25) is 0 Å². The van der Waals surface area contributed by atoms with Crippen molar-refractivity contribution in [3.05, 3.63) is 29.2 Å². The fourth-order valence-electron chi connectivity index (χ4n) is 1.83. The number of aryl methyl sites for hydroxylation is 2. The van der Waals surface area contributed by atoms with E-state index in [0.29, 0.717) is 5.69 Å². The predicted octanol–water partition coefficient (Wildman–Crippen LogP) is 0.999. The van der Waals surface area contributed by atoms with Crippen LogP contribution in [0.15, 0.2) is 12.3 Å². The molecule has 0 aromatic carbocycles. The van der Waals surface area contributed by atoms with E-state index in [2.05, 4.69) is 10.1 Å². The Morgan fingerprint density at radius 1 is 1.48 bits per heavy atom. The summed E-state index contributed by atoms with van der Waals surface area (Å²) in [6.45, 7) is 2.57. The van der Waals surface area contributed by atoms with Gasteiger partial charge in [-0.25, -0.2) is 9.50 Å². The predicted molar refractivity (Wildman–Crippen MR) is 66.9 cm³/mol. The van der Waals surface area contributed by atoms with E-state index in [1.807, 2.05) is 5.32 Å². The average Bonchev–Trinajstić information content (AvgIpc) is 2.78. The zero-order valence-electron chi connectivity index (χ0n) is 11.3. The number of carbonyl (C=O) groups is 1. The first-order chi connectivity index (χ1) is 9.70. The van der Waals surface area contributed by atoms with E-state index >= 15 is 0 Å². The monoisotopic (exact) mass is 302 g/mol. The van der Waals surface area contributed by atoms with Crippen LogP contribution in [0.5, 0.6) is 0 Å². The number of alkyl halides is 3. The summed E-state index contributed by atoms with van der Waals surface area (Å²) in [5.41, 5.74) is 1.71. The second kappa shape index (κ2) is 5.32. The third-order valence-corrected chi connectivity index (χ3v) is 2.86. The van der Waals surface area contributed by atoms with E-state index in [1.165, 1.54) is 10.7 Å². The number of rotatable bonds is 3. The number of aliphatic hydroxyl groups is 1. The van der Waals surface area contributed by atoms with Gasteiger partial charge in [-0.1, -0.05) is 0 Å². The number of halogens is 3. The van der Waals surface area contributed by atoms with E-state index in [4.69, 9.17) is 5.11 Å². The van der Waals surface area contributed by atoms with Crippen LogP contribution >= 0.6 is 0 Å². The number of nitrogens with zero attached hydrogens (tertiary/aromatic N) is 3. The lowest BCUT2D eigenvalue weighted by Crippen LogP contribution is -2.40. The first kappa shape index (κ1) is 15.2. The molecule has 2 aromatic rings. The van der Waals surface area contributed by atoms with E-state index in [9.17, 15) is 18.0 Å². The Kier molecular flexibility index (Phi) is 3.86. The number of nitrogens with one attached hydrogen (secondary N) is 1. The van der Waals surface area contributed by atoms with Gasteiger partial charge in [0.25, 0.3) is 5.91 Å². The summed E-state index contributed by atoms with van der Waals surface area (Å²) < 4.78 is 37.9. The fraction of sp³-hybridized carbons (Fsp3) is 0.417. The van der Waals surface area contributed by atoms with E-state index in [0.717, 1.165) is 5.69 Å². The van der Waals surface area contributed by atoms with Gasteiger partial charge in [0.1, 0.15) is 5.56 Å². The zero-order chi connectivity index (χ0) is 15.8. The minimum atomic E-state index is -4.78. The Balaban J connectivity index is 2.21. The van der Waals surface area contributed by atoms with Gasteiger partial charge in [-0.3, -0.25) is 4.79 Å². The standard InChI is InChI=1S/C12H13F3N4O2/c1-6-3-7(2)19-10(18-6)8(4-17-19)11(21)16-5-9(20)12(13,14)15/h3-4,9,20H,5H2,1-2H3,(H,16,21). The van der Waals surface area contributed by atoms with Crippen LogP contribution in [0.4, 0.5) is 13.2 Å². The molecule has 0 bridgehead atoms. The highest BCUT2D eigenvalue weighted by atomic mass is 19.4. The maximum absolute atomic E-state index is 12.2. The Labute approximate surface area is 117 Å². The zero-order valence-corrected chi connectivity index (χ0v) is 11.3. The minimum absolute atomic E-state index is 0.0520. The Morgan fingerprint density at radius 3 is 2.76 bits per heavy atom. The minimum Gasteiger partial charge on any atom is -0.382 e. The number of fused-ring (bicyclic) bond motifs is 1. The normalized spacial score (nSPS) is 13.4. The Hall–Kier alpha value is -2.16. The van der Waals surface area contributed by atoms with Crippen LogP contribution in [-0.4, -0.2) is 44.4 Å². The second-order valence-electron chi connectivity index (χ2n) is 4.60. The molecule has 0 saturated heterocycles. The molecule has 114 valence electrons. The summed E-state index contributed by atoms with van der Waals surface area (Å²) in [7, 11) is 0. The second-order valence-corrected chi connectivity index (χ2v) is 4.60. The largest absolute Gasteiger partial charge is 0.416 e. The molecule has 1 atom stereocenters. The van der Waals surface area contributed by atoms with Gasteiger partial charge in [-0.15, -0.1) is 0 Å². The molecule has 2 rings (SSSR count). The lowest BCUT2D eigenvalue weighted by molar-refractivity contribution is -0.201. The molecular formula is C12H13F3N4O2. The molecule has 0 aliphatic heterocycles. The highest BCUT2D eigenvalue weighted by Crippen LogP contribution is 2.19. The van der Waals surface area contributed by atoms with E-state index < -0.39 is 24.7 Å². The summed E-state index contributed by atoms with van der Waals surface area (Å²) in [6.07, 6.45) is -6.16. The smallest absolute Gasteiger partial charge is 0.382 e. The average molecular weight is 302 g/mol. The van der Waals surface area contributed by atoms with E-state index in [-0.39, 0.29) is 11.2 Å². The number of amides is 1. The number of hydrogen-bond donors (Lipinski definition) is 2. The molecule has 9 heteroatoms. The Bertz CT molecular complexity index is 681. The van der Waals surface area contributed by atoms with Crippen LogP contribution in [0, 0.1) is 13.8 Å². The van der Waals surface area contributed by atoms with E-state index in [1.54, 1.807) is 19.9 Å². The van der Waals surface area contributed by atoms with Gasteiger partial charge < -0.3 is 10.4 Å². The summed E-state index contributed by atoms with van der Waals surface area (Å²) in [6, 6.07) is 1.76. The highest BCUT2D eigenvalue weighted by Gasteiger charge is 2.38. The molecule has 2 heterocycles. The van der Waals surface area contributed by atoms with Gasteiger partial charge in [0.05, 0.1) is 12.7 Å². The van der Waals surface area contributed by atoms with Crippen LogP contribution in [0.2, 0.25) is 0 Å². The maximum Gasteiger partial charge on any atom is 0.416 e. The molecule has 21 heavy (non-hydrogen) atoms. The van der Waals surface area contributed by atoms with Crippen LogP contribution < -0.4 is 5.32 Å². The van der Waals surface area contributed by atoms with Gasteiger partial charge in [0, 0.05) is 11.4 Å². The lowest BCUT2D eigenvalue weighted by Gasteiger charge is -2.14. The maximum atomic E-state index is 12.2. The SMILES string of the molecule is Cc1cc(C)n2ncc(C(=O)NCC(O)C(F)(F)F)c2n1. The van der Waals surface area contributed by atoms with Crippen LogP contribution in [0.25, 0.3) is 5.65 Å². The molecule has 0 spiro atoms. The van der Waals surface area contributed by atoms with Gasteiger partial charge in [-0.2, -0.15) is 18.3 Å². The van der Waals surface area contributed by atoms with Crippen molar-refractivity contribution in [2.75, 3.05) is 6.54 Å². The fourth-order valence-corrected chi connectivity index (χ4v) is 1.83. The molecular weight excluding hydrogens is 289 g/mol. The van der Waals surface area contributed by atoms with Gasteiger partial charge >= 0.3 is 6.18 Å². The number of aromatic nitrogens is 3. The van der Waals surface area contributed by atoms with Crippen LogP contribution in [0.1, 0.15) is 21.7 Å². The van der Waals surface area contributed by atoms with Gasteiger partial charge in [0.15, 0.2) is 11.8 Å². The van der Waals surface area contributed by atoms with Crippen molar-refractivity contribution in [3.63, 3.8) is 0 Å². The van der Waals surface area contributed by atoms with Crippen molar-refractivity contribution < 1.29 is 23.1 Å². The molecule has 0 aliphatic carbocycles. The number of carbonyl (C=O) groups excluding carboxylic acids is 1. The number of hydrogen-bond acceptors (Lipinski definition) is 4. The molecule has 0 saturated carbocycles. The topological polar surface area (TPSA) is 79.5 Å².